The predicted octanol–water partition coefficient (Wildman–Crippen LogP) is 2.08. The minimum atomic E-state index is -0.674. The first kappa shape index (κ1) is 21.3. The molecular formula is C21H19BrN4O4. The molecule has 0 atom stereocenters. The number of carbonyl (C=O) groups excluding carboxylic acids is 3. The molecule has 0 spiro atoms. The van der Waals surface area contributed by atoms with Crippen LogP contribution < -0.4 is 21.4 Å². The van der Waals surface area contributed by atoms with Crippen molar-refractivity contribution in [3.8, 4) is 0 Å². The number of aromatic nitrogens is 1. The number of para-hydroxylation sites is 1. The van der Waals surface area contributed by atoms with Gasteiger partial charge in [0, 0.05) is 27.3 Å². The van der Waals surface area contributed by atoms with Crippen molar-refractivity contribution in [3.05, 3.63) is 74.5 Å². The van der Waals surface area contributed by atoms with Crippen molar-refractivity contribution in [1.29, 1.82) is 0 Å². The molecule has 0 unspecified atom stereocenters. The lowest BCUT2D eigenvalue weighted by Crippen LogP contribution is -2.41. The van der Waals surface area contributed by atoms with Gasteiger partial charge in [-0.2, -0.15) is 0 Å². The topological polar surface area (TPSA) is 120 Å². The number of aromatic amines is 1. The minimum absolute atomic E-state index is 0.0927. The number of nitrogens with one attached hydrogen (secondary N) is 4. The van der Waals surface area contributed by atoms with E-state index in [9.17, 15) is 19.2 Å². The average molecular weight is 471 g/mol. The third-order valence-electron chi connectivity index (χ3n) is 4.33. The van der Waals surface area contributed by atoms with Crippen LogP contribution in [0.4, 0.5) is 5.69 Å². The highest BCUT2D eigenvalue weighted by Crippen LogP contribution is 2.19. The van der Waals surface area contributed by atoms with Crippen LogP contribution in [0.1, 0.15) is 15.9 Å². The number of hydrogen-bond acceptors (Lipinski definition) is 4. The first-order valence-corrected chi connectivity index (χ1v) is 9.86. The Kier molecular flexibility index (Phi) is 6.63. The molecule has 0 aliphatic carbocycles. The molecule has 0 fully saturated rings. The number of pyridine rings is 1. The number of benzene rings is 2. The second kappa shape index (κ2) is 9.36. The van der Waals surface area contributed by atoms with Gasteiger partial charge in [0.05, 0.1) is 13.1 Å². The molecular weight excluding hydrogens is 452 g/mol. The first-order valence-electron chi connectivity index (χ1n) is 9.06. The molecule has 0 saturated carbocycles. The molecule has 0 bridgehead atoms. The maximum atomic E-state index is 12.4. The van der Waals surface area contributed by atoms with Crippen LogP contribution in [-0.2, 0) is 9.59 Å². The van der Waals surface area contributed by atoms with E-state index in [0.717, 1.165) is 10.0 Å². The van der Waals surface area contributed by atoms with Crippen LogP contribution in [0.3, 0.4) is 0 Å². The summed E-state index contributed by atoms with van der Waals surface area (Å²) in [6.45, 7) is 1.28. The van der Waals surface area contributed by atoms with E-state index < -0.39 is 23.2 Å². The normalized spacial score (nSPS) is 10.5. The van der Waals surface area contributed by atoms with Crippen molar-refractivity contribution in [3.63, 3.8) is 0 Å². The first-order chi connectivity index (χ1) is 14.3. The van der Waals surface area contributed by atoms with Gasteiger partial charge in [0.15, 0.2) is 0 Å². The van der Waals surface area contributed by atoms with Crippen molar-refractivity contribution in [2.75, 3.05) is 18.4 Å². The zero-order valence-electron chi connectivity index (χ0n) is 16.0. The van der Waals surface area contributed by atoms with Gasteiger partial charge < -0.3 is 20.9 Å². The molecule has 0 saturated heterocycles. The highest BCUT2D eigenvalue weighted by atomic mass is 79.9. The third-order valence-corrected chi connectivity index (χ3v) is 5.22. The van der Waals surface area contributed by atoms with Crippen molar-refractivity contribution in [1.82, 2.24) is 15.6 Å². The van der Waals surface area contributed by atoms with Gasteiger partial charge in [-0.15, -0.1) is 0 Å². The predicted molar refractivity (Wildman–Crippen MR) is 117 cm³/mol. The minimum Gasteiger partial charge on any atom is -0.360 e. The smallest absolute Gasteiger partial charge is 0.257 e. The number of carbonyl (C=O) groups is 3. The Hall–Kier alpha value is -3.46. The Labute approximate surface area is 180 Å². The van der Waals surface area contributed by atoms with Gasteiger partial charge in [-0.1, -0.05) is 28.1 Å². The Morgan fingerprint density at radius 1 is 1.00 bits per heavy atom. The maximum Gasteiger partial charge on any atom is 0.257 e. The van der Waals surface area contributed by atoms with Crippen molar-refractivity contribution in [2.24, 2.45) is 0 Å². The molecule has 0 radical (unpaired) electrons. The summed E-state index contributed by atoms with van der Waals surface area (Å²) in [5.41, 5.74) is 1.67. The van der Waals surface area contributed by atoms with Gasteiger partial charge in [0.25, 0.3) is 5.91 Å². The highest BCUT2D eigenvalue weighted by molar-refractivity contribution is 9.10. The quantitative estimate of drug-likeness (QED) is 0.440. The maximum absolute atomic E-state index is 12.4. The molecule has 0 aliphatic rings. The fourth-order valence-electron chi connectivity index (χ4n) is 2.76. The lowest BCUT2D eigenvalue weighted by atomic mass is 10.1. The lowest BCUT2D eigenvalue weighted by molar-refractivity contribution is -0.123. The summed E-state index contributed by atoms with van der Waals surface area (Å²) in [7, 11) is 0. The number of hydrogen-bond donors (Lipinski definition) is 4. The largest absolute Gasteiger partial charge is 0.360 e. The molecule has 3 amide bonds. The second-order valence-corrected chi connectivity index (χ2v) is 7.40. The summed E-state index contributed by atoms with van der Waals surface area (Å²) in [5.74, 6) is -1.63. The third kappa shape index (κ3) is 5.12. The Morgan fingerprint density at radius 3 is 2.50 bits per heavy atom. The van der Waals surface area contributed by atoms with E-state index >= 15 is 0 Å². The van der Waals surface area contributed by atoms with Crippen LogP contribution >= 0.6 is 15.9 Å². The van der Waals surface area contributed by atoms with Crippen LogP contribution in [0.2, 0.25) is 0 Å². The van der Waals surface area contributed by atoms with Crippen molar-refractivity contribution < 1.29 is 14.4 Å². The zero-order chi connectivity index (χ0) is 21.7. The summed E-state index contributed by atoms with van der Waals surface area (Å²) in [5, 5.41) is 7.86. The SMILES string of the molecule is Cc1cc(NC(=O)CNC(=O)CNC(=O)c2c[nH]c3ccccc3c2=O)ccc1Br. The van der Waals surface area contributed by atoms with E-state index in [0.29, 0.717) is 16.6 Å². The molecule has 4 N–H and O–H groups in total. The summed E-state index contributed by atoms with van der Waals surface area (Å²) < 4.78 is 0.926. The summed E-state index contributed by atoms with van der Waals surface area (Å²) in [6, 6.07) is 12.2. The molecule has 154 valence electrons. The van der Waals surface area contributed by atoms with Gasteiger partial charge in [0.1, 0.15) is 5.56 Å². The molecule has 0 aliphatic heterocycles. The number of halogens is 1. The standard InChI is InChI=1S/C21H19BrN4O4/c1-12-8-13(6-7-16(12)22)26-19(28)11-24-18(27)10-25-21(30)15-9-23-17-5-3-2-4-14(17)20(15)29/h2-9H,10-11H2,1H3,(H,23,29)(H,24,27)(H,25,30)(H,26,28). The molecule has 30 heavy (non-hydrogen) atoms. The van der Waals surface area contributed by atoms with E-state index in [2.05, 4.69) is 36.9 Å². The van der Waals surface area contributed by atoms with Gasteiger partial charge in [-0.3, -0.25) is 19.2 Å². The van der Waals surface area contributed by atoms with Crippen molar-refractivity contribution in [2.45, 2.75) is 6.92 Å². The van der Waals surface area contributed by atoms with Gasteiger partial charge in [-0.25, -0.2) is 0 Å². The summed E-state index contributed by atoms with van der Waals surface area (Å²) in [6.07, 6.45) is 1.31. The molecule has 3 aromatic rings. The van der Waals surface area contributed by atoms with Crippen LogP contribution in [0.25, 0.3) is 10.9 Å². The molecule has 9 heteroatoms. The molecule has 3 rings (SSSR count). The number of amides is 3. The van der Waals surface area contributed by atoms with Gasteiger partial charge in [0.2, 0.25) is 17.2 Å². The lowest BCUT2D eigenvalue weighted by Gasteiger charge is -2.09. The Balaban J connectivity index is 1.50. The number of H-pyrrole nitrogens is 1. The zero-order valence-corrected chi connectivity index (χ0v) is 17.6. The van der Waals surface area contributed by atoms with Crippen LogP contribution in [-0.4, -0.2) is 35.8 Å². The van der Waals surface area contributed by atoms with Gasteiger partial charge >= 0.3 is 0 Å². The average Bonchev–Trinajstić information content (AvgIpc) is 2.73. The molecule has 8 nitrogen and oxygen atoms in total. The van der Waals surface area contributed by atoms with Crippen LogP contribution in [0.15, 0.2) is 57.9 Å². The molecule has 2 aromatic carbocycles. The van der Waals surface area contributed by atoms with E-state index in [1.54, 1.807) is 36.4 Å². The highest BCUT2D eigenvalue weighted by Gasteiger charge is 2.14. The van der Waals surface area contributed by atoms with Gasteiger partial charge in [-0.05, 0) is 42.8 Å². The van der Waals surface area contributed by atoms with Crippen LogP contribution in [0, 0.1) is 6.92 Å². The number of anilines is 1. The fourth-order valence-corrected chi connectivity index (χ4v) is 3.01. The summed E-state index contributed by atoms with van der Waals surface area (Å²) >= 11 is 3.38. The van der Waals surface area contributed by atoms with E-state index in [4.69, 9.17) is 0 Å². The van der Waals surface area contributed by atoms with E-state index in [1.165, 1.54) is 6.20 Å². The Bertz CT molecular complexity index is 1190. The van der Waals surface area contributed by atoms with E-state index in [1.807, 2.05) is 13.0 Å². The number of rotatable bonds is 6. The fraction of sp³-hybridized carbons (Fsp3) is 0.143. The summed E-state index contributed by atoms with van der Waals surface area (Å²) in [4.78, 5) is 51.5. The second-order valence-electron chi connectivity index (χ2n) is 6.55. The van der Waals surface area contributed by atoms with E-state index in [-0.39, 0.29) is 18.7 Å². The van der Waals surface area contributed by atoms with Crippen molar-refractivity contribution >= 4 is 50.2 Å². The monoisotopic (exact) mass is 470 g/mol. The number of aryl methyl sites for hydroxylation is 1. The number of fused-ring (bicyclic) bond motifs is 1. The van der Waals surface area contributed by atoms with Crippen LogP contribution in [0.5, 0.6) is 0 Å². The molecule has 1 aromatic heterocycles. The Morgan fingerprint density at radius 2 is 1.73 bits per heavy atom. The molecule has 1 heterocycles.